The Morgan fingerprint density at radius 2 is 2.14 bits per heavy atom. The molecule has 1 saturated heterocycles. The second-order valence-corrected chi connectivity index (χ2v) is 4.93. The molecule has 0 spiro atoms. The van der Waals surface area contributed by atoms with Gasteiger partial charge in [-0.25, -0.2) is 0 Å². The molecule has 1 fully saturated rings. The largest absolute Gasteiger partial charge is 0.393 e. The molecule has 0 bridgehead atoms. The molecule has 4 nitrogen and oxygen atoms in total. The van der Waals surface area contributed by atoms with E-state index in [0.29, 0.717) is 18.7 Å². The van der Waals surface area contributed by atoms with Gasteiger partial charge in [0.25, 0.3) is 5.69 Å². The third kappa shape index (κ3) is 3.27. The summed E-state index contributed by atoms with van der Waals surface area (Å²) in [7, 11) is 0. The van der Waals surface area contributed by atoms with Crippen LogP contribution in [0.4, 0.5) is 24.5 Å². The first-order valence-electron chi connectivity index (χ1n) is 6.39. The number of hydrogen-bond acceptors (Lipinski definition) is 3. The lowest BCUT2D eigenvalue weighted by Crippen LogP contribution is -2.41. The van der Waals surface area contributed by atoms with E-state index in [4.69, 9.17) is 6.42 Å². The maximum Gasteiger partial charge on any atom is 0.393 e. The predicted molar refractivity (Wildman–Crippen MR) is 72.0 cm³/mol. The van der Waals surface area contributed by atoms with Crippen LogP contribution in [-0.2, 0) is 0 Å². The monoisotopic (exact) mass is 298 g/mol. The summed E-state index contributed by atoms with van der Waals surface area (Å²) < 4.78 is 38.4. The molecule has 1 aliphatic rings. The van der Waals surface area contributed by atoms with Crippen molar-refractivity contribution in [1.29, 1.82) is 0 Å². The lowest BCUT2D eigenvalue weighted by molar-refractivity contribution is -0.385. The van der Waals surface area contributed by atoms with E-state index in [0.717, 1.165) is 0 Å². The minimum absolute atomic E-state index is 0.0756. The second-order valence-electron chi connectivity index (χ2n) is 4.93. The molecule has 2 rings (SSSR count). The number of halogens is 3. The number of hydrogen-bond donors (Lipinski definition) is 0. The van der Waals surface area contributed by atoms with Gasteiger partial charge in [-0.05, 0) is 25.0 Å². The van der Waals surface area contributed by atoms with Crippen molar-refractivity contribution in [3.05, 3.63) is 33.9 Å². The molecule has 0 radical (unpaired) electrons. The number of piperidine rings is 1. The van der Waals surface area contributed by atoms with E-state index >= 15 is 0 Å². The van der Waals surface area contributed by atoms with Gasteiger partial charge in [-0.15, -0.1) is 6.42 Å². The summed E-state index contributed by atoms with van der Waals surface area (Å²) in [5.41, 5.74) is 0.347. The van der Waals surface area contributed by atoms with Crippen molar-refractivity contribution >= 4 is 11.4 Å². The molecule has 0 aromatic heterocycles. The van der Waals surface area contributed by atoms with Gasteiger partial charge in [0.1, 0.15) is 5.56 Å². The van der Waals surface area contributed by atoms with Crippen LogP contribution < -0.4 is 4.90 Å². The fraction of sp³-hybridized carbons (Fsp3) is 0.429. The van der Waals surface area contributed by atoms with Gasteiger partial charge in [-0.3, -0.25) is 10.1 Å². The molecular weight excluding hydrogens is 285 g/mol. The number of rotatable bonds is 2. The molecule has 0 N–H and O–H groups in total. The van der Waals surface area contributed by atoms with Crippen LogP contribution in [0.15, 0.2) is 18.2 Å². The van der Waals surface area contributed by atoms with Crippen LogP contribution in [0.5, 0.6) is 0 Å². The first kappa shape index (κ1) is 15.2. The van der Waals surface area contributed by atoms with Crippen LogP contribution in [-0.4, -0.2) is 24.2 Å². The van der Waals surface area contributed by atoms with Gasteiger partial charge in [0.2, 0.25) is 0 Å². The van der Waals surface area contributed by atoms with Crippen molar-refractivity contribution in [2.24, 2.45) is 5.92 Å². The zero-order valence-electron chi connectivity index (χ0n) is 11.1. The summed E-state index contributed by atoms with van der Waals surface area (Å²) >= 11 is 0. The Hall–Kier alpha value is -2.23. The van der Waals surface area contributed by atoms with E-state index < -0.39 is 17.0 Å². The first-order chi connectivity index (χ1) is 9.82. The molecule has 1 atom stereocenters. The summed E-state index contributed by atoms with van der Waals surface area (Å²) in [6.07, 6.45) is 1.53. The van der Waals surface area contributed by atoms with Crippen LogP contribution in [0.3, 0.4) is 0 Å². The highest BCUT2D eigenvalue weighted by Crippen LogP contribution is 2.35. The molecule has 0 amide bonds. The van der Waals surface area contributed by atoms with Crippen LogP contribution in [0.2, 0.25) is 0 Å². The highest BCUT2D eigenvalue weighted by Gasteiger charge is 2.41. The van der Waals surface area contributed by atoms with Crippen molar-refractivity contribution in [3.63, 3.8) is 0 Å². The Morgan fingerprint density at radius 1 is 1.43 bits per heavy atom. The quantitative estimate of drug-likeness (QED) is 0.478. The fourth-order valence-corrected chi connectivity index (χ4v) is 2.47. The Labute approximate surface area is 119 Å². The maximum atomic E-state index is 12.8. The number of nitro benzene ring substituents is 1. The molecule has 1 heterocycles. The normalized spacial score (nSPS) is 19.1. The predicted octanol–water partition coefficient (Wildman–Crippen LogP) is 3.35. The Balaban J connectivity index is 2.26. The molecule has 0 saturated carbocycles. The Morgan fingerprint density at radius 3 is 2.71 bits per heavy atom. The van der Waals surface area contributed by atoms with Gasteiger partial charge in [0, 0.05) is 24.8 Å². The van der Waals surface area contributed by atoms with Crippen molar-refractivity contribution in [2.45, 2.75) is 19.0 Å². The van der Waals surface area contributed by atoms with Gasteiger partial charge < -0.3 is 4.90 Å². The lowest BCUT2D eigenvalue weighted by Gasteiger charge is -2.35. The third-order valence-electron chi connectivity index (χ3n) is 3.58. The summed E-state index contributed by atoms with van der Waals surface area (Å²) in [6.45, 7) is 0.333. The van der Waals surface area contributed by atoms with Crippen LogP contribution in [0.25, 0.3) is 0 Å². The van der Waals surface area contributed by atoms with Gasteiger partial charge >= 0.3 is 6.18 Å². The summed E-state index contributed by atoms with van der Waals surface area (Å²) in [5, 5.41) is 10.8. The molecule has 21 heavy (non-hydrogen) atoms. The number of benzene rings is 1. The van der Waals surface area contributed by atoms with E-state index in [2.05, 4.69) is 5.92 Å². The maximum absolute atomic E-state index is 12.8. The van der Waals surface area contributed by atoms with Crippen LogP contribution in [0.1, 0.15) is 18.4 Å². The molecule has 1 aliphatic heterocycles. The standard InChI is InChI=1S/C14H13F3N2O2/c1-2-10-8-12(5-6-13(10)19(20)21)18-7-3-4-11(9-18)14(15,16)17/h1,5-6,8,11H,3-4,7,9H2. The third-order valence-corrected chi connectivity index (χ3v) is 3.58. The van der Waals surface area contributed by atoms with Crippen LogP contribution >= 0.6 is 0 Å². The number of anilines is 1. The second kappa shape index (κ2) is 5.64. The van der Waals surface area contributed by atoms with Crippen molar-refractivity contribution in [2.75, 3.05) is 18.0 Å². The average Bonchev–Trinajstić information content (AvgIpc) is 2.45. The summed E-state index contributed by atoms with van der Waals surface area (Å²) in [4.78, 5) is 11.8. The van der Waals surface area contributed by atoms with E-state index in [-0.39, 0.29) is 24.2 Å². The van der Waals surface area contributed by atoms with Gasteiger partial charge in [0.15, 0.2) is 0 Å². The number of terminal acetylenes is 1. The first-order valence-corrected chi connectivity index (χ1v) is 6.39. The summed E-state index contributed by atoms with van der Waals surface area (Å²) in [5.74, 6) is 0.828. The summed E-state index contributed by atoms with van der Waals surface area (Å²) in [6, 6.07) is 4.08. The number of nitro groups is 1. The Kier molecular flexibility index (Phi) is 4.07. The molecule has 1 aromatic rings. The van der Waals surface area contributed by atoms with E-state index in [1.54, 1.807) is 4.90 Å². The molecule has 112 valence electrons. The topological polar surface area (TPSA) is 46.4 Å². The zero-order chi connectivity index (χ0) is 15.6. The highest BCUT2D eigenvalue weighted by molar-refractivity contribution is 5.60. The van der Waals surface area contributed by atoms with E-state index in [1.807, 2.05) is 0 Å². The number of nitrogens with zero attached hydrogens (tertiary/aromatic N) is 2. The van der Waals surface area contributed by atoms with Crippen LogP contribution in [0, 0.1) is 28.4 Å². The van der Waals surface area contributed by atoms with Gasteiger partial charge in [-0.1, -0.05) is 5.92 Å². The van der Waals surface area contributed by atoms with Gasteiger partial charge in [-0.2, -0.15) is 13.2 Å². The fourth-order valence-electron chi connectivity index (χ4n) is 2.47. The molecule has 1 aromatic carbocycles. The van der Waals surface area contributed by atoms with Gasteiger partial charge in [0.05, 0.1) is 10.8 Å². The van der Waals surface area contributed by atoms with Crippen molar-refractivity contribution in [3.8, 4) is 12.3 Å². The van der Waals surface area contributed by atoms with Crippen molar-refractivity contribution in [1.82, 2.24) is 0 Å². The minimum atomic E-state index is -4.23. The smallest absolute Gasteiger partial charge is 0.371 e. The molecular formula is C14H13F3N2O2. The lowest BCUT2D eigenvalue weighted by atomic mass is 9.96. The highest BCUT2D eigenvalue weighted by atomic mass is 19.4. The minimum Gasteiger partial charge on any atom is -0.371 e. The van der Waals surface area contributed by atoms with E-state index in [9.17, 15) is 23.3 Å². The zero-order valence-corrected chi connectivity index (χ0v) is 11.1. The average molecular weight is 298 g/mol. The van der Waals surface area contributed by atoms with Crippen molar-refractivity contribution < 1.29 is 18.1 Å². The SMILES string of the molecule is C#Cc1cc(N2CCCC(C(F)(F)F)C2)ccc1[N+](=O)[O-]. The molecule has 0 aliphatic carbocycles. The van der Waals surface area contributed by atoms with E-state index in [1.165, 1.54) is 18.2 Å². The Bertz CT molecular complexity index is 593. The molecule has 7 heteroatoms. The number of alkyl halides is 3. The molecule has 1 unspecified atom stereocenters.